The Morgan fingerprint density at radius 2 is 1.85 bits per heavy atom. The van der Waals surface area contributed by atoms with E-state index in [4.69, 9.17) is 4.74 Å². The monoisotopic (exact) mass is 463 g/mol. The molecular weight excluding hydrogens is 441 g/mol. The average Bonchev–Trinajstić information content (AvgIpc) is 2.81. The van der Waals surface area contributed by atoms with E-state index < -0.39 is 11.1 Å². The van der Waals surface area contributed by atoms with Crippen molar-refractivity contribution in [3.63, 3.8) is 0 Å². The lowest BCUT2D eigenvalue weighted by Crippen LogP contribution is -2.26. The Labute approximate surface area is 194 Å². The highest BCUT2D eigenvalue weighted by Gasteiger charge is 2.22. The Morgan fingerprint density at radius 3 is 2.61 bits per heavy atom. The molecular formula is C25H22FN3O3S. The number of aromatic nitrogens is 2. The van der Waals surface area contributed by atoms with E-state index in [2.05, 4.69) is 10.3 Å². The van der Waals surface area contributed by atoms with Gasteiger partial charge in [-0.3, -0.25) is 14.2 Å². The number of benzene rings is 3. The maximum absolute atomic E-state index is 13.9. The van der Waals surface area contributed by atoms with Crippen LogP contribution >= 0.6 is 11.8 Å². The summed E-state index contributed by atoms with van der Waals surface area (Å²) in [7, 11) is 1.53. The number of halogens is 1. The van der Waals surface area contributed by atoms with Crippen LogP contribution in [-0.4, -0.2) is 27.8 Å². The maximum atomic E-state index is 13.9. The number of carbonyl (C=O) groups excluding carboxylic acids is 1. The van der Waals surface area contributed by atoms with Crippen LogP contribution < -0.4 is 15.6 Å². The number of rotatable bonds is 6. The zero-order valence-corrected chi connectivity index (χ0v) is 19.2. The fourth-order valence-corrected chi connectivity index (χ4v) is 4.26. The van der Waals surface area contributed by atoms with E-state index in [1.165, 1.54) is 17.7 Å². The molecule has 1 atom stereocenters. The summed E-state index contributed by atoms with van der Waals surface area (Å²) >= 11 is 1.14. The zero-order valence-electron chi connectivity index (χ0n) is 18.3. The molecule has 0 aliphatic carbocycles. The SMILES string of the molecule is COc1ccccc1-n1c(SC(C)C(=O)Nc2ccc(C)c(F)c2)nc2ccccc2c1=O. The quantitative estimate of drug-likeness (QED) is 0.323. The largest absolute Gasteiger partial charge is 0.495 e. The summed E-state index contributed by atoms with van der Waals surface area (Å²) < 4.78 is 20.8. The standard InChI is InChI=1S/C25H22FN3O3S/c1-15-12-13-17(14-19(15)26)27-23(30)16(2)33-25-28-20-9-5-4-8-18(20)24(31)29(25)21-10-6-7-11-22(21)32-3/h4-14,16H,1-3H3,(H,27,30). The molecule has 4 aromatic rings. The van der Waals surface area contributed by atoms with Gasteiger partial charge in [0.15, 0.2) is 5.16 Å². The average molecular weight is 464 g/mol. The lowest BCUT2D eigenvalue weighted by atomic mass is 10.2. The summed E-state index contributed by atoms with van der Waals surface area (Å²) in [5.41, 5.74) is 1.66. The number of aryl methyl sites for hydroxylation is 1. The van der Waals surface area contributed by atoms with Crippen molar-refractivity contribution in [2.45, 2.75) is 24.3 Å². The molecule has 0 saturated heterocycles. The van der Waals surface area contributed by atoms with E-state index in [9.17, 15) is 14.0 Å². The van der Waals surface area contributed by atoms with Gasteiger partial charge in [0.25, 0.3) is 5.56 Å². The predicted molar refractivity (Wildman–Crippen MR) is 129 cm³/mol. The normalized spacial score (nSPS) is 11.9. The van der Waals surface area contributed by atoms with Gasteiger partial charge in [-0.2, -0.15) is 0 Å². The topological polar surface area (TPSA) is 73.2 Å². The molecule has 1 unspecified atom stereocenters. The number of nitrogens with zero attached hydrogens (tertiary/aromatic N) is 2. The molecule has 1 amide bonds. The lowest BCUT2D eigenvalue weighted by molar-refractivity contribution is -0.115. The number of thioether (sulfide) groups is 1. The Morgan fingerprint density at radius 1 is 1.12 bits per heavy atom. The van der Waals surface area contributed by atoms with E-state index in [1.807, 2.05) is 6.07 Å². The summed E-state index contributed by atoms with van der Waals surface area (Å²) in [5, 5.41) is 2.91. The lowest BCUT2D eigenvalue weighted by Gasteiger charge is -2.18. The second-order valence-corrected chi connectivity index (χ2v) is 8.75. The van der Waals surface area contributed by atoms with Crippen molar-refractivity contribution in [1.29, 1.82) is 0 Å². The Kier molecular flexibility index (Phi) is 6.46. The van der Waals surface area contributed by atoms with Crippen molar-refractivity contribution in [1.82, 2.24) is 9.55 Å². The highest BCUT2D eigenvalue weighted by molar-refractivity contribution is 8.00. The van der Waals surface area contributed by atoms with Crippen molar-refractivity contribution >= 4 is 34.3 Å². The molecule has 8 heteroatoms. The number of para-hydroxylation sites is 3. The third-order valence-corrected chi connectivity index (χ3v) is 6.21. The van der Waals surface area contributed by atoms with Gasteiger partial charge in [-0.1, -0.05) is 42.1 Å². The van der Waals surface area contributed by atoms with E-state index in [0.29, 0.717) is 38.7 Å². The van der Waals surface area contributed by atoms with Crippen molar-refractivity contribution in [3.8, 4) is 11.4 Å². The summed E-state index contributed by atoms with van der Waals surface area (Å²) in [6, 6.07) is 18.7. The molecule has 0 aliphatic rings. The molecule has 0 bridgehead atoms. The first-order valence-corrected chi connectivity index (χ1v) is 11.2. The van der Waals surface area contributed by atoms with Crippen molar-refractivity contribution < 1.29 is 13.9 Å². The Bertz CT molecular complexity index is 1400. The molecule has 4 rings (SSSR count). The van der Waals surface area contributed by atoms with Gasteiger partial charge in [-0.25, -0.2) is 9.37 Å². The van der Waals surface area contributed by atoms with Crippen LogP contribution in [0, 0.1) is 12.7 Å². The number of methoxy groups -OCH3 is 1. The van der Waals surface area contributed by atoms with Crippen LogP contribution in [0.4, 0.5) is 10.1 Å². The van der Waals surface area contributed by atoms with Crippen LogP contribution in [0.15, 0.2) is 76.7 Å². The summed E-state index contributed by atoms with van der Waals surface area (Å²) in [6.45, 7) is 3.36. The van der Waals surface area contributed by atoms with Gasteiger partial charge in [-0.05, 0) is 55.8 Å². The van der Waals surface area contributed by atoms with Crippen molar-refractivity contribution in [2.75, 3.05) is 12.4 Å². The molecule has 3 aromatic carbocycles. The van der Waals surface area contributed by atoms with Crippen LogP contribution in [0.3, 0.4) is 0 Å². The molecule has 0 aliphatic heterocycles. The first kappa shape index (κ1) is 22.5. The fraction of sp³-hybridized carbons (Fsp3) is 0.160. The van der Waals surface area contributed by atoms with Crippen LogP contribution in [-0.2, 0) is 4.79 Å². The van der Waals surface area contributed by atoms with Crippen LogP contribution in [0.1, 0.15) is 12.5 Å². The van der Waals surface area contributed by atoms with Gasteiger partial charge in [0.2, 0.25) is 5.91 Å². The maximum Gasteiger partial charge on any atom is 0.266 e. The van der Waals surface area contributed by atoms with Gasteiger partial charge in [0.05, 0.1) is 29.0 Å². The molecule has 168 valence electrons. The van der Waals surface area contributed by atoms with Gasteiger partial charge in [-0.15, -0.1) is 0 Å². The summed E-state index contributed by atoms with van der Waals surface area (Å²) in [4.78, 5) is 31.0. The van der Waals surface area contributed by atoms with Gasteiger partial charge in [0.1, 0.15) is 11.6 Å². The molecule has 1 aromatic heterocycles. The number of hydrogen-bond acceptors (Lipinski definition) is 5. The van der Waals surface area contributed by atoms with Crippen LogP contribution in [0.5, 0.6) is 5.75 Å². The van der Waals surface area contributed by atoms with Gasteiger partial charge < -0.3 is 10.1 Å². The summed E-state index contributed by atoms with van der Waals surface area (Å²) in [6.07, 6.45) is 0. The van der Waals surface area contributed by atoms with Crippen molar-refractivity contribution in [2.24, 2.45) is 0 Å². The van der Waals surface area contributed by atoms with E-state index >= 15 is 0 Å². The van der Waals surface area contributed by atoms with E-state index in [-0.39, 0.29) is 11.5 Å². The number of anilines is 1. The number of hydrogen-bond donors (Lipinski definition) is 1. The van der Waals surface area contributed by atoms with Crippen LogP contribution in [0.2, 0.25) is 0 Å². The molecule has 0 saturated carbocycles. The molecule has 6 nitrogen and oxygen atoms in total. The first-order chi connectivity index (χ1) is 15.9. The van der Waals surface area contributed by atoms with Gasteiger partial charge >= 0.3 is 0 Å². The zero-order chi connectivity index (χ0) is 23.5. The molecule has 1 heterocycles. The minimum absolute atomic E-state index is 0.263. The fourth-order valence-electron chi connectivity index (χ4n) is 3.34. The Balaban J connectivity index is 1.74. The molecule has 0 spiro atoms. The van der Waals surface area contributed by atoms with E-state index in [1.54, 1.807) is 68.4 Å². The third-order valence-electron chi connectivity index (χ3n) is 5.16. The number of amides is 1. The highest BCUT2D eigenvalue weighted by Crippen LogP contribution is 2.29. The second kappa shape index (κ2) is 9.46. The molecule has 1 N–H and O–H groups in total. The smallest absolute Gasteiger partial charge is 0.266 e. The number of ether oxygens (including phenoxy) is 1. The molecule has 0 fully saturated rings. The van der Waals surface area contributed by atoms with E-state index in [0.717, 1.165) is 11.8 Å². The first-order valence-electron chi connectivity index (χ1n) is 10.3. The number of nitrogens with one attached hydrogen (secondary N) is 1. The number of carbonyl (C=O) groups is 1. The van der Waals surface area contributed by atoms with Crippen molar-refractivity contribution in [3.05, 3.63) is 88.5 Å². The summed E-state index contributed by atoms with van der Waals surface area (Å²) in [5.74, 6) is -0.225. The molecule has 0 radical (unpaired) electrons. The third kappa shape index (κ3) is 4.61. The Hall–Kier alpha value is -3.65. The molecule has 33 heavy (non-hydrogen) atoms. The minimum Gasteiger partial charge on any atom is -0.495 e. The van der Waals surface area contributed by atoms with Crippen LogP contribution in [0.25, 0.3) is 16.6 Å². The number of fused-ring (bicyclic) bond motifs is 1. The predicted octanol–water partition coefficient (Wildman–Crippen LogP) is 4.96. The second-order valence-electron chi connectivity index (χ2n) is 7.44. The van der Waals surface area contributed by atoms with Gasteiger partial charge in [0, 0.05) is 5.69 Å². The minimum atomic E-state index is -0.622. The highest BCUT2D eigenvalue weighted by atomic mass is 32.2.